The number of pyridine rings is 1. The third-order valence-electron chi connectivity index (χ3n) is 5.53. The average molecular weight is 415 g/mol. The van der Waals surface area contributed by atoms with Crippen molar-refractivity contribution in [3.8, 4) is 5.69 Å². The zero-order valence-electron chi connectivity index (χ0n) is 16.6. The maximum Gasteiger partial charge on any atom is 0.170 e. The number of hydrogen-bond acceptors (Lipinski definition) is 3. The zero-order chi connectivity index (χ0) is 20.5. The van der Waals surface area contributed by atoms with Gasteiger partial charge in [-0.1, -0.05) is 24.3 Å². The van der Waals surface area contributed by atoms with Crippen molar-refractivity contribution in [1.82, 2.24) is 19.8 Å². The van der Waals surface area contributed by atoms with Crippen LogP contribution in [-0.4, -0.2) is 19.6 Å². The molecule has 1 aliphatic heterocycles. The van der Waals surface area contributed by atoms with Gasteiger partial charge in [-0.15, -0.1) is 0 Å². The van der Waals surface area contributed by atoms with Crippen molar-refractivity contribution < 1.29 is 4.42 Å². The van der Waals surface area contributed by atoms with E-state index in [1.54, 1.807) is 6.26 Å². The van der Waals surface area contributed by atoms with E-state index in [4.69, 9.17) is 16.6 Å². The Hall–Kier alpha value is -3.38. The normalized spacial score (nSPS) is 18.6. The van der Waals surface area contributed by atoms with Crippen molar-refractivity contribution in [2.75, 3.05) is 0 Å². The summed E-state index contributed by atoms with van der Waals surface area (Å²) < 4.78 is 7.93. The van der Waals surface area contributed by atoms with E-state index < -0.39 is 0 Å². The van der Waals surface area contributed by atoms with Crippen LogP contribution in [0, 0.1) is 6.92 Å². The lowest BCUT2D eigenvalue weighted by molar-refractivity contribution is 0.280. The summed E-state index contributed by atoms with van der Waals surface area (Å²) >= 11 is 5.77. The Morgan fingerprint density at radius 2 is 1.83 bits per heavy atom. The second kappa shape index (κ2) is 7.80. The molecule has 0 aliphatic carbocycles. The number of nitrogens with one attached hydrogen (secondary N) is 1. The minimum absolute atomic E-state index is 0.0357. The van der Waals surface area contributed by atoms with Crippen molar-refractivity contribution in [3.05, 3.63) is 108 Å². The molecule has 4 heterocycles. The number of furan rings is 1. The van der Waals surface area contributed by atoms with Gasteiger partial charge in [0.15, 0.2) is 5.11 Å². The van der Waals surface area contributed by atoms with Gasteiger partial charge < -0.3 is 19.2 Å². The molecule has 1 aromatic carbocycles. The molecule has 6 heteroatoms. The Morgan fingerprint density at radius 3 is 2.57 bits per heavy atom. The first-order chi connectivity index (χ1) is 14.7. The number of benzene rings is 1. The van der Waals surface area contributed by atoms with E-state index in [9.17, 15) is 0 Å². The van der Waals surface area contributed by atoms with Gasteiger partial charge in [-0.25, -0.2) is 0 Å². The highest BCUT2D eigenvalue weighted by molar-refractivity contribution is 7.80. The summed E-state index contributed by atoms with van der Waals surface area (Å²) in [4.78, 5) is 6.83. The molecule has 0 bridgehead atoms. The van der Waals surface area contributed by atoms with Gasteiger partial charge in [-0.05, 0) is 67.7 Å². The smallest absolute Gasteiger partial charge is 0.170 e. The molecule has 1 saturated heterocycles. The topological polar surface area (TPSA) is 46.2 Å². The second-order valence-electron chi connectivity index (χ2n) is 7.40. The maximum atomic E-state index is 5.77. The number of aryl methyl sites for hydroxylation is 1. The van der Waals surface area contributed by atoms with Crippen molar-refractivity contribution >= 4 is 17.3 Å². The fourth-order valence-corrected chi connectivity index (χ4v) is 4.49. The van der Waals surface area contributed by atoms with Crippen LogP contribution in [0.3, 0.4) is 0 Å². The third kappa shape index (κ3) is 3.29. The lowest BCUT2D eigenvalue weighted by atomic mass is 10.0. The van der Waals surface area contributed by atoms with Crippen molar-refractivity contribution in [2.45, 2.75) is 25.6 Å². The molecule has 2 atom stereocenters. The van der Waals surface area contributed by atoms with E-state index in [-0.39, 0.29) is 12.1 Å². The molecule has 0 radical (unpaired) electrons. The number of rotatable bonds is 5. The quantitative estimate of drug-likeness (QED) is 0.469. The molecular weight excluding hydrogens is 392 g/mol. The monoisotopic (exact) mass is 414 g/mol. The molecule has 4 aromatic rings. The van der Waals surface area contributed by atoms with Crippen LogP contribution in [0.1, 0.15) is 34.9 Å². The third-order valence-corrected chi connectivity index (χ3v) is 5.88. The Morgan fingerprint density at radius 1 is 1.00 bits per heavy atom. The number of nitrogens with zero attached hydrogens (tertiary/aromatic N) is 3. The molecule has 0 spiro atoms. The van der Waals surface area contributed by atoms with Crippen LogP contribution in [0.15, 0.2) is 89.7 Å². The van der Waals surface area contributed by atoms with Crippen LogP contribution in [0.2, 0.25) is 0 Å². The average Bonchev–Trinajstić information content (AvgIpc) is 3.50. The fourth-order valence-electron chi connectivity index (χ4n) is 4.19. The van der Waals surface area contributed by atoms with E-state index in [2.05, 4.69) is 63.1 Å². The van der Waals surface area contributed by atoms with Gasteiger partial charge in [0, 0.05) is 23.3 Å². The minimum atomic E-state index is -0.0644. The standard InChI is InChI=1S/C24H22N4OS/c1-17-12-13-21(28(17)18-8-3-2-4-9-18)23-22(20-11-5-6-14-25-20)26-24(30)27(23)16-19-10-7-15-29-19/h2-15,22-23H,16H2,1H3,(H,26,30)/t22-,23+/m1/s1. The van der Waals surface area contributed by atoms with E-state index in [1.807, 2.05) is 42.6 Å². The van der Waals surface area contributed by atoms with Crippen LogP contribution in [0.5, 0.6) is 0 Å². The Labute approximate surface area is 181 Å². The summed E-state index contributed by atoms with van der Waals surface area (Å²) in [5.41, 5.74) is 4.43. The summed E-state index contributed by atoms with van der Waals surface area (Å²) in [6.07, 6.45) is 3.53. The first kappa shape index (κ1) is 18.6. The number of para-hydroxylation sites is 1. The Bertz CT molecular complexity index is 1140. The Kier molecular flexibility index (Phi) is 4.85. The summed E-state index contributed by atoms with van der Waals surface area (Å²) in [6, 6.07) is 24.5. The Balaban J connectivity index is 1.64. The lowest BCUT2D eigenvalue weighted by Crippen LogP contribution is -2.30. The van der Waals surface area contributed by atoms with Gasteiger partial charge >= 0.3 is 0 Å². The highest BCUT2D eigenvalue weighted by Gasteiger charge is 2.41. The van der Waals surface area contributed by atoms with Crippen LogP contribution >= 0.6 is 12.2 Å². The minimum Gasteiger partial charge on any atom is -0.467 e. The fraction of sp³-hybridized carbons (Fsp3) is 0.167. The predicted molar refractivity (Wildman–Crippen MR) is 120 cm³/mol. The molecule has 1 fully saturated rings. The van der Waals surface area contributed by atoms with Gasteiger partial charge in [-0.2, -0.15) is 0 Å². The number of aromatic nitrogens is 2. The molecule has 5 rings (SSSR count). The van der Waals surface area contributed by atoms with Gasteiger partial charge in [0.05, 0.1) is 30.6 Å². The second-order valence-corrected chi connectivity index (χ2v) is 7.79. The number of hydrogen-bond donors (Lipinski definition) is 1. The molecule has 1 N–H and O–H groups in total. The predicted octanol–water partition coefficient (Wildman–Crippen LogP) is 4.95. The van der Waals surface area contributed by atoms with Crippen LogP contribution in [0.25, 0.3) is 5.69 Å². The van der Waals surface area contributed by atoms with Gasteiger partial charge in [0.25, 0.3) is 0 Å². The summed E-state index contributed by atoms with van der Waals surface area (Å²) in [5, 5.41) is 4.21. The molecule has 1 aliphatic rings. The summed E-state index contributed by atoms with van der Waals surface area (Å²) in [7, 11) is 0. The van der Waals surface area contributed by atoms with Gasteiger partial charge in [-0.3, -0.25) is 4.98 Å². The van der Waals surface area contributed by atoms with Crippen molar-refractivity contribution in [2.24, 2.45) is 0 Å². The van der Waals surface area contributed by atoms with Gasteiger partial charge in [0.1, 0.15) is 5.76 Å². The van der Waals surface area contributed by atoms with E-state index >= 15 is 0 Å². The zero-order valence-corrected chi connectivity index (χ0v) is 17.4. The maximum absolute atomic E-state index is 5.77. The molecule has 0 amide bonds. The van der Waals surface area contributed by atoms with E-state index in [1.165, 1.54) is 5.69 Å². The van der Waals surface area contributed by atoms with E-state index in [0.717, 1.165) is 22.8 Å². The molecule has 0 saturated carbocycles. The largest absolute Gasteiger partial charge is 0.467 e. The first-order valence-electron chi connectivity index (χ1n) is 9.96. The first-order valence-corrected chi connectivity index (χ1v) is 10.4. The molecule has 3 aromatic heterocycles. The van der Waals surface area contributed by atoms with Gasteiger partial charge in [0.2, 0.25) is 0 Å². The van der Waals surface area contributed by atoms with Crippen LogP contribution < -0.4 is 5.32 Å². The molecule has 30 heavy (non-hydrogen) atoms. The van der Waals surface area contributed by atoms with Crippen LogP contribution in [0.4, 0.5) is 0 Å². The highest BCUT2D eigenvalue weighted by atomic mass is 32.1. The molecule has 0 unspecified atom stereocenters. The van der Waals surface area contributed by atoms with E-state index in [0.29, 0.717) is 11.7 Å². The molecule has 150 valence electrons. The van der Waals surface area contributed by atoms with Crippen molar-refractivity contribution in [1.29, 1.82) is 0 Å². The highest BCUT2D eigenvalue weighted by Crippen LogP contribution is 2.41. The SMILES string of the molecule is Cc1ccc([C@H]2[C@@H](c3ccccn3)NC(=S)N2Cc2ccco2)n1-c1ccccc1. The number of thiocarbonyl (C=S) groups is 1. The lowest BCUT2D eigenvalue weighted by Gasteiger charge is -2.28. The summed E-state index contributed by atoms with van der Waals surface area (Å²) in [6.45, 7) is 2.72. The van der Waals surface area contributed by atoms with Crippen LogP contribution in [-0.2, 0) is 6.54 Å². The summed E-state index contributed by atoms with van der Waals surface area (Å²) in [5.74, 6) is 0.875. The molecular formula is C24H22N4OS. The van der Waals surface area contributed by atoms with Crippen molar-refractivity contribution in [3.63, 3.8) is 0 Å². The molecule has 5 nitrogen and oxygen atoms in total.